The van der Waals surface area contributed by atoms with Gasteiger partial charge in [-0.2, -0.15) is 5.10 Å². The van der Waals surface area contributed by atoms with Gasteiger partial charge in [-0.05, 0) is 48.9 Å². The molecule has 1 atom stereocenters. The van der Waals surface area contributed by atoms with Crippen LogP contribution in [0.25, 0.3) is 22.5 Å². The van der Waals surface area contributed by atoms with Crippen LogP contribution >= 0.6 is 0 Å². The maximum Gasteiger partial charge on any atom is 0.224 e. The van der Waals surface area contributed by atoms with E-state index >= 15 is 0 Å². The average molecular weight is 428 g/mol. The Labute approximate surface area is 173 Å². The normalized spacial score (nSPS) is 17.7. The molecule has 1 aliphatic heterocycles. The van der Waals surface area contributed by atoms with Gasteiger partial charge < -0.3 is 5.32 Å². The molecule has 2 aromatic heterocycles. The number of carbonyl (C=O) groups is 1. The van der Waals surface area contributed by atoms with Gasteiger partial charge in [0.2, 0.25) is 5.91 Å². The number of sulfone groups is 1. The molecule has 30 heavy (non-hydrogen) atoms. The first-order valence-electron chi connectivity index (χ1n) is 9.64. The van der Waals surface area contributed by atoms with E-state index < -0.39 is 15.8 Å². The van der Waals surface area contributed by atoms with E-state index in [1.54, 1.807) is 29.2 Å². The van der Waals surface area contributed by atoms with Crippen LogP contribution in [0.2, 0.25) is 0 Å². The number of rotatable bonds is 6. The minimum atomic E-state index is -3.10. The summed E-state index contributed by atoms with van der Waals surface area (Å²) in [5.74, 6) is -1.07. The van der Waals surface area contributed by atoms with E-state index in [0.717, 1.165) is 16.8 Å². The predicted molar refractivity (Wildman–Crippen MR) is 111 cm³/mol. The van der Waals surface area contributed by atoms with Gasteiger partial charge in [-0.25, -0.2) is 12.8 Å². The monoisotopic (exact) mass is 428 g/mol. The van der Waals surface area contributed by atoms with Gasteiger partial charge in [0.05, 0.1) is 35.4 Å². The third-order valence-corrected chi connectivity index (χ3v) is 6.87. The van der Waals surface area contributed by atoms with E-state index in [2.05, 4.69) is 15.4 Å². The van der Waals surface area contributed by atoms with E-state index in [1.807, 2.05) is 18.2 Å². The topological polar surface area (TPSA) is 93.9 Å². The SMILES string of the molecule is O=C(NCCn1nc(-c2ccc(F)cc2)cc1-c1cccnc1)[C@@H]1CCS(=O)(=O)C1. The zero-order valence-corrected chi connectivity index (χ0v) is 17.0. The zero-order chi connectivity index (χ0) is 21.1. The van der Waals surface area contributed by atoms with Crippen molar-refractivity contribution in [3.05, 3.63) is 60.7 Å². The van der Waals surface area contributed by atoms with Crippen molar-refractivity contribution in [2.24, 2.45) is 5.92 Å². The van der Waals surface area contributed by atoms with Crippen LogP contribution in [0, 0.1) is 11.7 Å². The Hall–Kier alpha value is -3.07. The summed E-state index contributed by atoms with van der Waals surface area (Å²) in [6, 6.07) is 11.7. The summed E-state index contributed by atoms with van der Waals surface area (Å²) in [4.78, 5) is 16.4. The van der Waals surface area contributed by atoms with Gasteiger partial charge in [0, 0.05) is 30.1 Å². The first-order chi connectivity index (χ1) is 14.4. The summed E-state index contributed by atoms with van der Waals surface area (Å²) in [6.45, 7) is 0.712. The Balaban J connectivity index is 1.51. The Bertz CT molecular complexity index is 1140. The highest BCUT2D eigenvalue weighted by molar-refractivity contribution is 7.91. The molecule has 0 saturated carbocycles. The summed E-state index contributed by atoms with van der Waals surface area (Å²) in [6.07, 6.45) is 3.77. The van der Waals surface area contributed by atoms with Crippen molar-refractivity contribution in [2.45, 2.75) is 13.0 Å². The van der Waals surface area contributed by atoms with Gasteiger partial charge in [-0.3, -0.25) is 14.5 Å². The van der Waals surface area contributed by atoms with Gasteiger partial charge in [0.15, 0.2) is 9.84 Å². The lowest BCUT2D eigenvalue weighted by Crippen LogP contribution is -2.33. The molecule has 0 aliphatic carbocycles. The maximum absolute atomic E-state index is 13.3. The third-order valence-electron chi connectivity index (χ3n) is 5.10. The average Bonchev–Trinajstić information content (AvgIpc) is 3.32. The van der Waals surface area contributed by atoms with Crippen LogP contribution in [0.1, 0.15) is 6.42 Å². The fourth-order valence-corrected chi connectivity index (χ4v) is 5.27. The zero-order valence-electron chi connectivity index (χ0n) is 16.2. The molecular weight excluding hydrogens is 407 g/mol. The number of pyridine rings is 1. The number of aromatic nitrogens is 3. The van der Waals surface area contributed by atoms with E-state index in [1.165, 1.54) is 12.1 Å². The van der Waals surface area contributed by atoms with Crippen LogP contribution in [-0.4, -0.2) is 47.1 Å². The molecule has 3 heterocycles. The van der Waals surface area contributed by atoms with E-state index in [4.69, 9.17) is 0 Å². The lowest BCUT2D eigenvalue weighted by molar-refractivity contribution is -0.124. The smallest absolute Gasteiger partial charge is 0.224 e. The fraction of sp³-hybridized carbons (Fsp3) is 0.286. The van der Waals surface area contributed by atoms with Crippen molar-refractivity contribution in [2.75, 3.05) is 18.1 Å². The number of carbonyl (C=O) groups excluding carboxylic acids is 1. The Kier molecular flexibility index (Phi) is 5.63. The molecule has 1 N–H and O–H groups in total. The predicted octanol–water partition coefficient (Wildman–Crippen LogP) is 2.30. The molecule has 0 spiro atoms. The maximum atomic E-state index is 13.3. The molecule has 4 rings (SSSR count). The molecule has 156 valence electrons. The van der Waals surface area contributed by atoms with Gasteiger partial charge >= 0.3 is 0 Å². The molecule has 7 nitrogen and oxygen atoms in total. The molecular formula is C21H21FN4O3S. The number of nitrogens with zero attached hydrogens (tertiary/aromatic N) is 3. The molecule has 0 bridgehead atoms. The number of halogens is 1. The third kappa shape index (κ3) is 4.56. The lowest BCUT2D eigenvalue weighted by atomic mass is 10.1. The summed E-state index contributed by atoms with van der Waals surface area (Å²) in [5, 5.41) is 7.44. The molecule has 1 fully saturated rings. The van der Waals surface area contributed by atoms with Crippen molar-refractivity contribution in [3.63, 3.8) is 0 Å². The number of hydrogen-bond donors (Lipinski definition) is 1. The Morgan fingerprint density at radius 3 is 2.67 bits per heavy atom. The molecule has 0 radical (unpaired) electrons. The minimum absolute atomic E-state index is 0.0659. The lowest BCUT2D eigenvalue weighted by Gasteiger charge is -2.11. The van der Waals surface area contributed by atoms with Crippen molar-refractivity contribution in [1.29, 1.82) is 0 Å². The van der Waals surface area contributed by atoms with Gasteiger partial charge in [0.25, 0.3) is 0 Å². The molecule has 3 aromatic rings. The van der Waals surface area contributed by atoms with E-state index in [-0.39, 0.29) is 23.2 Å². The highest BCUT2D eigenvalue weighted by atomic mass is 32.2. The second-order valence-electron chi connectivity index (χ2n) is 7.28. The van der Waals surface area contributed by atoms with Crippen LogP contribution in [0.3, 0.4) is 0 Å². The first-order valence-corrected chi connectivity index (χ1v) is 11.5. The van der Waals surface area contributed by atoms with Crippen LogP contribution in [0.15, 0.2) is 54.9 Å². The number of nitrogens with one attached hydrogen (secondary N) is 1. The highest BCUT2D eigenvalue weighted by Gasteiger charge is 2.32. The molecule has 1 amide bonds. The second kappa shape index (κ2) is 8.35. The van der Waals surface area contributed by atoms with Crippen molar-refractivity contribution in [1.82, 2.24) is 20.1 Å². The first kappa shape index (κ1) is 20.2. The van der Waals surface area contributed by atoms with Gasteiger partial charge in [-0.1, -0.05) is 0 Å². The fourth-order valence-electron chi connectivity index (χ4n) is 3.53. The molecule has 1 aliphatic rings. The largest absolute Gasteiger partial charge is 0.354 e. The minimum Gasteiger partial charge on any atom is -0.354 e. The highest BCUT2D eigenvalue weighted by Crippen LogP contribution is 2.26. The standard InChI is InChI=1S/C21H21FN4O3S/c22-18-5-3-15(4-6-18)19-12-20(16-2-1-8-23-13-16)26(25-19)10-9-24-21(27)17-7-11-30(28,29)14-17/h1-6,8,12-13,17H,7,9-11,14H2,(H,24,27)/t17-/m1/s1. The Morgan fingerprint density at radius 2 is 2.00 bits per heavy atom. The quantitative estimate of drug-likeness (QED) is 0.650. The van der Waals surface area contributed by atoms with Crippen LogP contribution in [0.4, 0.5) is 4.39 Å². The molecule has 0 unspecified atom stereocenters. The van der Waals surface area contributed by atoms with Crippen molar-refractivity contribution in [3.8, 4) is 22.5 Å². The van der Waals surface area contributed by atoms with Crippen LogP contribution < -0.4 is 5.32 Å². The molecule has 9 heteroatoms. The number of benzene rings is 1. The molecule has 1 saturated heterocycles. The van der Waals surface area contributed by atoms with Crippen LogP contribution in [-0.2, 0) is 21.2 Å². The van der Waals surface area contributed by atoms with Gasteiger partial charge in [0.1, 0.15) is 5.82 Å². The molecule has 1 aromatic carbocycles. The van der Waals surface area contributed by atoms with Crippen molar-refractivity contribution < 1.29 is 17.6 Å². The summed E-state index contributed by atoms with van der Waals surface area (Å²) in [5.41, 5.74) is 3.15. The Morgan fingerprint density at radius 1 is 1.20 bits per heavy atom. The van der Waals surface area contributed by atoms with E-state index in [9.17, 15) is 17.6 Å². The number of amides is 1. The summed E-state index contributed by atoms with van der Waals surface area (Å²) >= 11 is 0. The van der Waals surface area contributed by atoms with E-state index in [0.29, 0.717) is 25.2 Å². The number of hydrogen-bond acceptors (Lipinski definition) is 5. The van der Waals surface area contributed by atoms with Crippen LogP contribution in [0.5, 0.6) is 0 Å². The van der Waals surface area contributed by atoms with Gasteiger partial charge in [-0.15, -0.1) is 0 Å². The summed E-state index contributed by atoms with van der Waals surface area (Å²) in [7, 11) is -3.10. The second-order valence-corrected chi connectivity index (χ2v) is 9.51. The summed E-state index contributed by atoms with van der Waals surface area (Å²) < 4.78 is 38.2. The van der Waals surface area contributed by atoms with Crippen molar-refractivity contribution >= 4 is 15.7 Å².